The lowest BCUT2D eigenvalue weighted by atomic mass is 9.95. The number of nitrogens with zero attached hydrogens (tertiary/aromatic N) is 1. The Kier molecular flexibility index (Phi) is 13.0. The van der Waals surface area contributed by atoms with E-state index in [-0.39, 0.29) is 28.9 Å². The number of carbonyl (C=O) groups excluding carboxylic acids is 4. The quantitative estimate of drug-likeness (QED) is 0.107. The Labute approximate surface area is 337 Å². The molecular weight excluding hydrogens is 763 g/mol. The van der Waals surface area contributed by atoms with Crippen molar-refractivity contribution in [2.75, 3.05) is 24.9 Å². The SMILES string of the molecule is COC(=O)c1ccc(CCc2ccc(NC(=O)c3c(NC(=O)c4cccc(S(=O)(=O)N(Cc5cccc(C(=O)OC)c5)C(C)C)c4)sc4c3CCCC4)cc2)cc1. The zero-order chi connectivity index (χ0) is 40.7. The van der Waals surface area contributed by atoms with Crippen LogP contribution in [0.1, 0.15) is 95.3 Å². The van der Waals surface area contributed by atoms with E-state index in [0.29, 0.717) is 39.4 Å². The maximum absolute atomic E-state index is 14.0. The van der Waals surface area contributed by atoms with Crippen LogP contribution in [0, 0.1) is 0 Å². The number of carbonyl (C=O) groups is 4. The topological polar surface area (TPSA) is 148 Å². The van der Waals surface area contributed by atoms with Gasteiger partial charge in [-0.3, -0.25) is 9.59 Å². The Hall–Kier alpha value is -5.63. The van der Waals surface area contributed by atoms with E-state index in [1.54, 1.807) is 56.3 Å². The number of fused-ring (bicyclic) bond motifs is 1. The highest BCUT2D eigenvalue weighted by molar-refractivity contribution is 7.89. The summed E-state index contributed by atoms with van der Waals surface area (Å²) in [7, 11) is -1.45. The summed E-state index contributed by atoms with van der Waals surface area (Å²) in [5.41, 5.74) is 5.67. The highest BCUT2D eigenvalue weighted by atomic mass is 32.2. The highest BCUT2D eigenvalue weighted by Gasteiger charge is 2.30. The number of hydrogen-bond donors (Lipinski definition) is 2. The van der Waals surface area contributed by atoms with Crippen LogP contribution in [0.15, 0.2) is 102 Å². The van der Waals surface area contributed by atoms with Crippen molar-refractivity contribution in [3.05, 3.63) is 146 Å². The average molecular weight is 808 g/mol. The van der Waals surface area contributed by atoms with Gasteiger partial charge in [-0.05, 0) is 129 Å². The largest absolute Gasteiger partial charge is 0.465 e. The van der Waals surface area contributed by atoms with Gasteiger partial charge in [-0.2, -0.15) is 4.31 Å². The fourth-order valence-electron chi connectivity index (χ4n) is 6.80. The van der Waals surface area contributed by atoms with Crippen LogP contribution < -0.4 is 10.6 Å². The van der Waals surface area contributed by atoms with Crippen molar-refractivity contribution < 1.29 is 37.1 Å². The van der Waals surface area contributed by atoms with Crippen molar-refractivity contribution in [2.45, 2.75) is 69.9 Å². The molecule has 57 heavy (non-hydrogen) atoms. The minimum Gasteiger partial charge on any atom is -0.465 e. The molecule has 6 rings (SSSR count). The summed E-state index contributed by atoms with van der Waals surface area (Å²) in [6.45, 7) is 3.51. The van der Waals surface area contributed by atoms with Gasteiger partial charge in [-0.15, -0.1) is 11.3 Å². The Morgan fingerprint density at radius 2 is 1.32 bits per heavy atom. The van der Waals surface area contributed by atoms with Crippen molar-refractivity contribution >= 4 is 55.8 Å². The number of nitrogens with one attached hydrogen (secondary N) is 2. The number of aryl methyl sites for hydroxylation is 3. The lowest BCUT2D eigenvalue weighted by Crippen LogP contribution is -2.36. The van der Waals surface area contributed by atoms with Crippen molar-refractivity contribution in [3.63, 3.8) is 0 Å². The van der Waals surface area contributed by atoms with Gasteiger partial charge in [0.05, 0.1) is 35.8 Å². The summed E-state index contributed by atoms with van der Waals surface area (Å²) < 4.78 is 39.0. The minimum atomic E-state index is -4.09. The molecular formula is C44H45N3O8S2. The Bertz CT molecular complexity index is 2390. The van der Waals surface area contributed by atoms with E-state index in [4.69, 9.17) is 9.47 Å². The van der Waals surface area contributed by atoms with Gasteiger partial charge in [0.1, 0.15) is 5.00 Å². The minimum absolute atomic E-state index is 0.00264. The summed E-state index contributed by atoms with van der Waals surface area (Å²) in [4.78, 5) is 52.6. The number of thiophene rings is 1. The first-order valence-corrected chi connectivity index (χ1v) is 21.0. The van der Waals surface area contributed by atoms with Crippen LogP contribution in [0.2, 0.25) is 0 Å². The maximum atomic E-state index is 14.0. The molecule has 0 aliphatic heterocycles. The predicted octanol–water partition coefficient (Wildman–Crippen LogP) is 8.09. The average Bonchev–Trinajstić information content (AvgIpc) is 3.60. The number of rotatable bonds is 14. The number of methoxy groups -OCH3 is 2. The van der Waals surface area contributed by atoms with E-state index in [1.165, 1.54) is 48.1 Å². The molecule has 0 saturated heterocycles. The van der Waals surface area contributed by atoms with Crippen LogP contribution in [0.25, 0.3) is 0 Å². The Morgan fingerprint density at radius 3 is 1.98 bits per heavy atom. The zero-order valence-electron chi connectivity index (χ0n) is 32.3. The maximum Gasteiger partial charge on any atom is 0.337 e. The van der Waals surface area contributed by atoms with Gasteiger partial charge in [0.2, 0.25) is 10.0 Å². The molecule has 0 fully saturated rings. The number of anilines is 2. The molecule has 0 unspecified atom stereocenters. The summed E-state index contributed by atoms with van der Waals surface area (Å²) >= 11 is 1.38. The number of benzene rings is 4. The molecule has 5 aromatic rings. The van der Waals surface area contributed by atoms with Gasteiger partial charge >= 0.3 is 11.9 Å². The van der Waals surface area contributed by atoms with Crippen LogP contribution >= 0.6 is 11.3 Å². The highest BCUT2D eigenvalue weighted by Crippen LogP contribution is 2.39. The van der Waals surface area contributed by atoms with E-state index in [2.05, 4.69) is 10.6 Å². The second-order valence-corrected chi connectivity index (χ2v) is 17.1. The molecule has 1 heterocycles. The molecule has 0 saturated carbocycles. The van der Waals surface area contributed by atoms with E-state index in [1.807, 2.05) is 36.4 Å². The number of hydrogen-bond acceptors (Lipinski definition) is 9. The van der Waals surface area contributed by atoms with Gasteiger partial charge in [-0.1, -0.05) is 42.5 Å². The van der Waals surface area contributed by atoms with Crippen LogP contribution in [-0.2, 0) is 51.7 Å². The molecule has 296 valence electrons. The molecule has 2 N–H and O–H groups in total. The fraction of sp³-hybridized carbons (Fsp3) is 0.273. The number of sulfonamides is 1. The van der Waals surface area contributed by atoms with E-state index >= 15 is 0 Å². The Balaban J connectivity index is 1.16. The third-order valence-electron chi connectivity index (χ3n) is 9.88. The molecule has 13 heteroatoms. The first-order chi connectivity index (χ1) is 27.4. The third kappa shape index (κ3) is 9.67. The molecule has 1 aliphatic rings. The standard InChI is InChI=1S/C44H45N3O8S2/c1-28(2)47(27-31-9-7-11-34(25-31)44(51)55-4)57(52,53)36-12-8-10-33(26-36)40(48)46-42-39(37-13-5-6-14-38(37)56-42)41(49)45-35-23-19-30(20-24-35)16-15-29-17-21-32(22-18-29)43(50)54-3/h7-12,17-26,28H,5-6,13-16,27H2,1-4H3,(H,45,49)(H,46,48). The first kappa shape index (κ1) is 41.0. The van der Waals surface area contributed by atoms with E-state index in [0.717, 1.165) is 53.7 Å². The van der Waals surface area contributed by atoms with Crippen LogP contribution in [-0.4, -0.2) is 56.7 Å². The Morgan fingerprint density at radius 1 is 0.702 bits per heavy atom. The number of ether oxygens (including phenoxy) is 2. The molecule has 0 spiro atoms. The molecule has 0 atom stereocenters. The van der Waals surface area contributed by atoms with Gasteiger partial charge in [0.25, 0.3) is 11.8 Å². The third-order valence-corrected chi connectivity index (χ3v) is 13.1. The van der Waals surface area contributed by atoms with E-state index in [9.17, 15) is 27.6 Å². The second-order valence-electron chi connectivity index (χ2n) is 14.1. The van der Waals surface area contributed by atoms with Crippen LogP contribution in [0.5, 0.6) is 0 Å². The second kappa shape index (κ2) is 18.1. The molecule has 0 radical (unpaired) electrons. The van der Waals surface area contributed by atoms with Crippen molar-refractivity contribution in [3.8, 4) is 0 Å². The molecule has 4 aromatic carbocycles. The van der Waals surface area contributed by atoms with Gasteiger partial charge in [0.15, 0.2) is 0 Å². The summed E-state index contributed by atoms with van der Waals surface area (Å²) in [6.07, 6.45) is 4.97. The predicted molar refractivity (Wildman–Crippen MR) is 221 cm³/mol. The summed E-state index contributed by atoms with van der Waals surface area (Å²) in [6, 6.07) is 27.0. The molecule has 11 nitrogen and oxygen atoms in total. The summed E-state index contributed by atoms with van der Waals surface area (Å²) in [5.74, 6) is -1.76. The fourth-order valence-corrected chi connectivity index (χ4v) is 9.76. The number of esters is 2. The van der Waals surface area contributed by atoms with Crippen LogP contribution in [0.3, 0.4) is 0 Å². The molecule has 1 aliphatic carbocycles. The van der Waals surface area contributed by atoms with E-state index < -0.39 is 27.9 Å². The smallest absolute Gasteiger partial charge is 0.337 e. The summed E-state index contributed by atoms with van der Waals surface area (Å²) in [5, 5.41) is 6.38. The lowest BCUT2D eigenvalue weighted by Gasteiger charge is -2.26. The van der Waals surface area contributed by atoms with Gasteiger partial charge in [-0.25, -0.2) is 18.0 Å². The van der Waals surface area contributed by atoms with Crippen molar-refractivity contribution in [1.29, 1.82) is 0 Å². The first-order valence-electron chi connectivity index (χ1n) is 18.7. The van der Waals surface area contributed by atoms with Crippen molar-refractivity contribution in [2.24, 2.45) is 0 Å². The zero-order valence-corrected chi connectivity index (χ0v) is 33.9. The van der Waals surface area contributed by atoms with Gasteiger partial charge < -0.3 is 20.1 Å². The number of amides is 2. The molecule has 1 aromatic heterocycles. The van der Waals surface area contributed by atoms with Crippen LogP contribution in [0.4, 0.5) is 10.7 Å². The van der Waals surface area contributed by atoms with Crippen molar-refractivity contribution in [1.82, 2.24) is 4.31 Å². The molecule has 2 amide bonds. The normalized spacial score (nSPS) is 12.5. The van der Waals surface area contributed by atoms with Gasteiger partial charge in [0, 0.05) is 28.7 Å². The lowest BCUT2D eigenvalue weighted by molar-refractivity contribution is 0.0591. The monoisotopic (exact) mass is 807 g/mol. The molecule has 0 bridgehead atoms.